The van der Waals surface area contributed by atoms with Crippen molar-refractivity contribution in [2.45, 2.75) is 71.2 Å². The molecule has 1 aromatic carbocycles. The summed E-state index contributed by atoms with van der Waals surface area (Å²) in [6.07, 6.45) is 0.905. The molecule has 0 heterocycles. The maximum atomic E-state index is 9.03. The summed E-state index contributed by atoms with van der Waals surface area (Å²) in [6.45, 7) is 15.4. The van der Waals surface area contributed by atoms with Gasteiger partial charge in [-0.05, 0) is 34.3 Å². The van der Waals surface area contributed by atoms with Crippen LogP contribution in [0, 0.1) is 0 Å². The Morgan fingerprint density at radius 1 is 0.870 bits per heavy atom. The van der Waals surface area contributed by atoms with Crippen LogP contribution >= 0.6 is 0 Å². The minimum atomic E-state index is -1.75. The van der Waals surface area contributed by atoms with E-state index in [2.05, 4.69) is 41.5 Å². The molecule has 0 unspecified atom stereocenters. The van der Waals surface area contributed by atoms with Crippen LogP contribution in [-0.4, -0.2) is 26.6 Å². The van der Waals surface area contributed by atoms with Gasteiger partial charge in [0.05, 0.1) is 13.2 Å². The minimum absolute atomic E-state index is 0.0699. The molecule has 0 saturated heterocycles. The third kappa shape index (κ3) is 5.33. The van der Waals surface area contributed by atoms with Crippen LogP contribution in [0.4, 0.5) is 0 Å². The van der Waals surface area contributed by atoms with Gasteiger partial charge in [-0.25, -0.2) is 0 Å². The smallest absolute Gasteiger partial charge is 0.200 e. The maximum absolute atomic E-state index is 9.03. The molecule has 0 amide bonds. The molecular formula is C19H34O3Si. The second kappa shape index (κ2) is 9.45. The van der Waals surface area contributed by atoms with Gasteiger partial charge in [-0.15, -0.1) is 0 Å². The number of benzene rings is 1. The van der Waals surface area contributed by atoms with Crippen molar-refractivity contribution in [1.29, 1.82) is 0 Å². The molecule has 0 aliphatic carbocycles. The number of hydrogen-bond donors (Lipinski definition) is 1. The lowest BCUT2D eigenvalue weighted by molar-refractivity contribution is 0.228. The van der Waals surface area contributed by atoms with Crippen molar-refractivity contribution < 1.29 is 14.3 Å². The zero-order chi connectivity index (χ0) is 17.5. The molecular weight excluding hydrogens is 304 g/mol. The number of rotatable bonds is 10. The second-order valence-electron chi connectivity index (χ2n) is 7.17. The molecule has 1 N–H and O–H groups in total. The minimum Gasteiger partial charge on any atom is -0.494 e. The molecule has 1 aromatic rings. The quantitative estimate of drug-likeness (QED) is 0.474. The Labute approximate surface area is 143 Å². The van der Waals surface area contributed by atoms with Gasteiger partial charge in [0, 0.05) is 13.0 Å². The van der Waals surface area contributed by atoms with E-state index in [0.29, 0.717) is 23.2 Å². The van der Waals surface area contributed by atoms with E-state index in [1.165, 1.54) is 0 Å². The summed E-state index contributed by atoms with van der Waals surface area (Å²) >= 11 is 0. The van der Waals surface area contributed by atoms with Crippen LogP contribution in [-0.2, 0) is 11.0 Å². The van der Waals surface area contributed by atoms with Gasteiger partial charge in [0.2, 0.25) is 0 Å². The Hall–Kier alpha value is -0.843. The van der Waals surface area contributed by atoms with Gasteiger partial charge in [-0.3, -0.25) is 0 Å². The average Bonchev–Trinajstić information content (AvgIpc) is 2.50. The predicted molar refractivity (Wildman–Crippen MR) is 99.5 cm³/mol. The van der Waals surface area contributed by atoms with E-state index >= 15 is 0 Å². The van der Waals surface area contributed by atoms with Gasteiger partial charge >= 0.3 is 0 Å². The molecule has 23 heavy (non-hydrogen) atoms. The van der Waals surface area contributed by atoms with E-state index in [4.69, 9.17) is 14.3 Å². The van der Waals surface area contributed by atoms with Crippen molar-refractivity contribution in [2.24, 2.45) is 0 Å². The largest absolute Gasteiger partial charge is 0.494 e. The third-order valence-electron chi connectivity index (χ3n) is 4.72. The van der Waals surface area contributed by atoms with Crippen molar-refractivity contribution in [3.05, 3.63) is 29.8 Å². The van der Waals surface area contributed by atoms with Crippen LogP contribution in [0.15, 0.2) is 24.3 Å². The van der Waals surface area contributed by atoms with Crippen LogP contribution in [0.1, 0.15) is 53.5 Å². The van der Waals surface area contributed by atoms with Crippen LogP contribution in [0.2, 0.25) is 16.6 Å². The van der Waals surface area contributed by atoms with Crippen LogP contribution in [0.5, 0.6) is 5.75 Å². The van der Waals surface area contributed by atoms with E-state index < -0.39 is 8.32 Å². The van der Waals surface area contributed by atoms with Crippen molar-refractivity contribution >= 4 is 8.32 Å². The highest BCUT2D eigenvalue weighted by Gasteiger charge is 2.44. The number of aliphatic hydroxyl groups excluding tert-OH is 1. The molecule has 0 aromatic heterocycles. The van der Waals surface area contributed by atoms with Crippen LogP contribution in [0.25, 0.3) is 0 Å². The standard InChI is InChI=1S/C19H34O3Si/c1-15(2)23(16(3)4,17(5)6)22-13-7-12-21-19-10-8-18(14-20)9-11-19/h8-11,15-17,20H,7,12-14H2,1-6H3. The molecule has 1 rings (SSSR count). The lowest BCUT2D eigenvalue weighted by atomic mass is 10.2. The molecule has 4 heteroatoms. The normalized spacial score (nSPS) is 12.4. The fraction of sp³-hybridized carbons (Fsp3) is 0.684. The first-order valence-corrected chi connectivity index (χ1v) is 10.9. The zero-order valence-electron chi connectivity index (χ0n) is 15.6. The Balaban J connectivity index is 2.44. The molecule has 0 aliphatic heterocycles. The first-order valence-electron chi connectivity index (χ1n) is 8.81. The summed E-state index contributed by atoms with van der Waals surface area (Å²) in [5.74, 6) is 0.849. The first kappa shape index (κ1) is 20.2. The predicted octanol–water partition coefficient (Wildman–Crippen LogP) is 5.14. The molecule has 132 valence electrons. The van der Waals surface area contributed by atoms with Gasteiger partial charge < -0.3 is 14.3 Å². The maximum Gasteiger partial charge on any atom is 0.200 e. The van der Waals surface area contributed by atoms with E-state index in [9.17, 15) is 0 Å². The monoisotopic (exact) mass is 338 g/mol. The second-order valence-corrected chi connectivity index (χ2v) is 12.6. The van der Waals surface area contributed by atoms with Crippen molar-refractivity contribution in [3.63, 3.8) is 0 Å². The first-order chi connectivity index (χ1) is 10.8. The number of ether oxygens (including phenoxy) is 1. The highest BCUT2D eigenvalue weighted by molar-refractivity contribution is 6.77. The molecule has 0 fully saturated rings. The molecule has 0 saturated carbocycles. The zero-order valence-corrected chi connectivity index (χ0v) is 16.6. The number of hydrogen-bond acceptors (Lipinski definition) is 3. The van der Waals surface area contributed by atoms with Gasteiger partial charge in [-0.2, -0.15) is 0 Å². The summed E-state index contributed by atoms with van der Waals surface area (Å²) in [5.41, 5.74) is 2.76. The summed E-state index contributed by atoms with van der Waals surface area (Å²) in [4.78, 5) is 0. The number of aliphatic hydroxyl groups is 1. The lowest BCUT2D eigenvalue weighted by Gasteiger charge is -2.42. The van der Waals surface area contributed by atoms with Crippen molar-refractivity contribution in [1.82, 2.24) is 0 Å². The summed E-state index contributed by atoms with van der Waals surface area (Å²) in [7, 11) is -1.75. The van der Waals surface area contributed by atoms with Gasteiger partial charge in [-0.1, -0.05) is 53.7 Å². The highest BCUT2D eigenvalue weighted by Crippen LogP contribution is 2.42. The summed E-state index contributed by atoms with van der Waals surface area (Å²) < 4.78 is 12.3. The lowest BCUT2D eigenvalue weighted by Crippen LogP contribution is -2.48. The van der Waals surface area contributed by atoms with Crippen LogP contribution < -0.4 is 4.74 Å². The highest BCUT2D eigenvalue weighted by atomic mass is 28.4. The SMILES string of the molecule is CC(C)[Si](OCCCOc1ccc(CO)cc1)(C(C)C)C(C)C. The van der Waals surface area contributed by atoms with Gasteiger partial charge in [0.25, 0.3) is 0 Å². The van der Waals surface area contributed by atoms with Crippen molar-refractivity contribution in [2.75, 3.05) is 13.2 Å². The Morgan fingerprint density at radius 2 is 1.39 bits per heavy atom. The molecule has 0 radical (unpaired) electrons. The van der Waals surface area contributed by atoms with Gasteiger partial charge in [0.1, 0.15) is 5.75 Å². The molecule has 3 nitrogen and oxygen atoms in total. The van der Waals surface area contributed by atoms with E-state index in [1.54, 1.807) is 0 Å². The molecule has 0 bridgehead atoms. The topological polar surface area (TPSA) is 38.7 Å². The fourth-order valence-electron chi connectivity index (χ4n) is 3.69. The summed E-state index contributed by atoms with van der Waals surface area (Å²) in [5, 5.41) is 9.03. The van der Waals surface area contributed by atoms with E-state index in [-0.39, 0.29) is 6.61 Å². The van der Waals surface area contributed by atoms with Crippen molar-refractivity contribution in [3.8, 4) is 5.75 Å². The Bertz CT molecular complexity index is 419. The van der Waals surface area contributed by atoms with Gasteiger partial charge in [0.15, 0.2) is 8.32 Å². The average molecular weight is 339 g/mol. The molecule has 0 spiro atoms. The summed E-state index contributed by atoms with van der Waals surface area (Å²) in [6, 6.07) is 7.59. The Kier molecular flexibility index (Phi) is 8.30. The van der Waals surface area contributed by atoms with Crippen LogP contribution in [0.3, 0.4) is 0 Å². The fourth-order valence-corrected chi connectivity index (χ4v) is 9.19. The molecule has 0 aliphatic rings. The molecule has 0 atom stereocenters. The van der Waals surface area contributed by atoms with E-state index in [1.807, 2.05) is 24.3 Å². The van der Waals surface area contributed by atoms with E-state index in [0.717, 1.165) is 24.3 Å². The third-order valence-corrected chi connectivity index (χ3v) is 10.8. The Morgan fingerprint density at radius 3 is 1.83 bits per heavy atom.